The molecule has 3 aromatic rings. The molecule has 1 aromatic heterocycles. The van der Waals surface area contributed by atoms with Gasteiger partial charge in [0.2, 0.25) is 0 Å². The Morgan fingerprint density at radius 1 is 1.19 bits per heavy atom. The number of aliphatic imine (C=N–C) groups is 1. The number of thiophene rings is 1. The fourth-order valence-electron chi connectivity index (χ4n) is 3.84. The second kappa shape index (κ2) is 9.62. The lowest BCUT2D eigenvalue weighted by Gasteiger charge is -2.20. The number of halogens is 2. The van der Waals surface area contributed by atoms with Crippen LogP contribution in [0.1, 0.15) is 17.4 Å². The van der Waals surface area contributed by atoms with Crippen molar-refractivity contribution in [3.05, 3.63) is 65.0 Å². The summed E-state index contributed by atoms with van der Waals surface area (Å²) in [6, 6.07) is 14.1. The number of rotatable bonds is 6. The van der Waals surface area contributed by atoms with Crippen molar-refractivity contribution in [2.75, 3.05) is 38.1 Å². The van der Waals surface area contributed by atoms with Crippen LogP contribution >= 0.6 is 11.3 Å². The molecule has 0 radical (unpaired) electrons. The van der Waals surface area contributed by atoms with Gasteiger partial charge in [-0.3, -0.25) is 4.99 Å². The maximum Gasteiger partial charge on any atom is 0.191 e. The molecule has 0 spiro atoms. The van der Waals surface area contributed by atoms with Gasteiger partial charge in [-0.2, -0.15) is 0 Å². The zero-order chi connectivity index (χ0) is 21.8. The van der Waals surface area contributed by atoms with Crippen LogP contribution in [0.15, 0.2) is 53.5 Å². The second-order valence-electron chi connectivity index (χ2n) is 7.74. The van der Waals surface area contributed by atoms with Gasteiger partial charge in [-0.1, -0.05) is 18.2 Å². The van der Waals surface area contributed by atoms with Gasteiger partial charge in [-0.15, -0.1) is 11.3 Å². The Kier molecular flexibility index (Phi) is 6.67. The Morgan fingerprint density at radius 2 is 2.03 bits per heavy atom. The van der Waals surface area contributed by atoms with Gasteiger partial charge in [-0.05, 0) is 42.0 Å². The van der Waals surface area contributed by atoms with Crippen LogP contribution in [-0.4, -0.2) is 44.3 Å². The third kappa shape index (κ3) is 5.14. The van der Waals surface area contributed by atoms with E-state index in [1.165, 1.54) is 12.1 Å². The van der Waals surface area contributed by atoms with Gasteiger partial charge in [0.25, 0.3) is 0 Å². The number of aliphatic hydroxyl groups excluding tert-OH is 1. The molecule has 2 unspecified atom stereocenters. The lowest BCUT2D eigenvalue weighted by molar-refractivity contribution is 0.184. The van der Waals surface area contributed by atoms with E-state index in [0.717, 1.165) is 34.5 Å². The highest BCUT2D eigenvalue weighted by Gasteiger charge is 2.23. The van der Waals surface area contributed by atoms with E-state index in [1.807, 2.05) is 24.3 Å². The van der Waals surface area contributed by atoms with E-state index >= 15 is 0 Å². The fraction of sp³-hybridized carbons (Fsp3) is 0.348. The highest BCUT2D eigenvalue weighted by molar-refractivity contribution is 7.19. The summed E-state index contributed by atoms with van der Waals surface area (Å²) in [5.41, 5.74) is 0.704. The van der Waals surface area contributed by atoms with E-state index in [1.54, 1.807) is 24.5 Å². The third-order valence-corrected chi connectivity index (χ3v) is 6.79. The number of guanidine groups is 1. The molecule has 1 fully saturated rings. The summed E-state index contributed by atoms with van der Waals surface area (Å²) in [5, 5.41) is 18.2. The molecule has 164 valence electrons. The van der Waals surface area contributed by atoms with E-state index in [4.69, 9.17) is 0 Å². The van der Waals surface area contributed by atoms with E-state index in [9.17, 15) is 13.9 Å². The molecule has 1 aliphatic heterocycles. The number of hydrogen-bond acceptors (Lipinski definition) is 4. The summed E-state index contributed by atoms with van der Waals surface area (Å²) < 4.78 is 27.8. The molecule has 8 heteroatoms. The first kappa shape index (κ1) is 21.5. The molecule has 4 rings (SSSR count). The lowest BCUT2D eigenvalue weighted by Crippen LogP contribution is -2.41. The van der Waals surface area contributed by atoms with Crippen LogP contribution in [0.25, 0.3) is 10.1 Å². The van der Waals surface area contributed by atoms with Crippen molar-refractivity contribution >= 4 is 33.1 Å². The summed E-state index contributed by atoms with van der Waals surface area (Å²) in [5.74, 6) is -0.652. The van der Waals surface area contributed by atoms with Crippen molar-refractivity contribution in [2.24, 2.45) is 10.9 Å². The van der Waals surface area contributed by atoms with Crippen LogP contribution in [0.4, 0.5) is 14.5 Å². The van der Waals surface area contributed by atoms with Crippen molar-refractivity contribution in [1.82, 2.24) is 10.6 Å². The van der Waals surface area contributed by atoms with E-state index in [2.05, 4.69) is 26.6 Å². The van der Waals surface area contributed by atoms with Crippen molar-refractivity contribution in [3.63, 3.8) is 0 Å². The molecule has 1 saturated heterocycles. The molecule has 3 N–H and O–H groups in total. The average molecular weight is 445 g/mol. The van der Waals surface area contributed by atoms with Gasteiger partial charge < -0.3 is 20.6 Å². The van der Waals surface area contributed by atoms with Crippen LogP contribution in [0.2, 0.25) is 0 Å². The minimum Gasteiger partial charge on any atom is -0.386 e. The molecule has 0 saturated carbocycles. The van der Waals surface area contributed by atoms with Gasteiger partial charge in [0.1, 0.15) is 6.10 Å². The smallest absolute Gasteiger partial charge is 0.191 e. The topological polar surface area (TPSA) is 59.9 Å². The highest BCUT2D eigenvalue weighted by atomic mass is 32.1. The van der Waals surface area contributed by atoms with Gasteiger partial charge >= 0.3 is 0 Å². The normalized spacial score (nSPS) is 17.9. The molecule has 0 amide bonds. The largest absolute Gasteiger partial charge is 0.386 e. The number of benzene rings is 2. The third-order valence-electron chi connectivity index (χ3n) is 5.57. The maximum atomic E-state index is 13.5. The monoisotopic (exact) mass is 444 g/mol. The SMILES string of the molecule is CN=C(NCC1CCN(c2ccc(F)c(F)c2)C1)NCC(O)c1cc2ccccc2s1. The van der Waals surface area contributed by atoms with Crippen LogP contribution in [0.5, 0.6) is 0 Å². The maximum absolute atomic E-state index is 13.5. The molecule has 31 heavy (non-hydrogen) atoms. The molecule has 5 nitrogen and oxygen atoms in total. The van der Waals surface area contributed by atoms with Gasteiger partial charge in [0, 0.05) is 54.6 Å². The molecule has 0 aliphatic carbocycles. The quantitative estimate of drug-likeness (QED) is 0.399. The minimum atomic E-state index is -0.825. The number of fused-ring (bicyclic) bond motifs is 1. The Hall–Kier alpha value is -2.71. The molecular weight excluding hydrogens is 418 g/mol. The van der Waals surface area contributed by atoms with Crippen molar-refractivity contribution in [1.29, 1.82) is 0 Å². The molecule has 1 aliphatic rings. The first-order chi connectivity index (χ1) is 15.0. The average Bonchev–Trinajstić information content (AvgIpc) is 3.43. The van der Waals surface area contributed by atoms with Gasteiger partial charge in [0.15, 0.2) is 17.6 Å². The first-order valence-corrected chi connectivity index (χ1v) is 11.2. The predicted octanol–water partition coefficient (Wildman–Crippen LogP) is 3.90. The van der Waals surface area contributed by atoms with E-state index in [0.29, 0.717) is 30.7 Å². The van der Waals surface area contributed by atoms with Crippen LogP contribution < -0.4 is 15.5 Å². The number of nitrogens with zero attached hydrogens (tertiary/aromatic N) is 2. The zero-order valence-electron chi connectivity index (χ0n) is 17.3. The molecule has 0 bridgehead atoms. The predicted molar refractivity (Wildman–Crippen MR) is 123 cm³/mol. The summed E-state index contributed by atoms with van der Waals surface area (Å²) in [6.07, 6.45) is 0.333. The fourth-order valence-corrected chi connectivity index (χ4v) is 4.89. The zero-order valence-corrected chi connectivity index (χ0v) is 18.1. The van der Waals surface area contributed by atoms with E-state index < -0.39 is 17.7 Å². The molecular formula is C23H26F2N4OS. The van der Waals surface area contributed by atoms with Crippen molar-refractivity contribution < 1.29 is 13.9 Å². The number of aliphatic hydroxyl groups is 1. The van der Waals surface area contributed by atoms with Gasteiger partial charge in [0.05, 0.1) is 0 Å². The summed E-state index contributed by atoms with van der Waals surface area (Å²) in [4.78, 5) is 7.22. The standard InChI is InChI=1S/C23H26F2N4OS/c1-26-23(28-13-20(30)22-10-16-4-2-3-5-21(16)31-22)27-12-15-8-9-29(14-15)17-6-7-18(24)19(25)11-17/h2-7,10-11,15,20,30H,8-9,12-14H2,1H3,(H2,26,27,28). The van der Waals surface area contributed by atoms with Crippen molar-refractivity contribution in [2.45, 2.75) is 12.5 Å². The number of nitrogens with one attached hydrogen (secondary N) is 2. The Morgan fingerprint density at radius 3 is 2.81 bits per heavy atom. The highest BCUT2D eigenvalue weighted by Crippen LogP contribution is 2.29. The second-order valence-corrected chi connectivity index (χ2v) is 8.85. The lowest BCUT2D eigenvalue weighted by atomic mass is 10.1. The Labute approximate surface area is 184 Å². The minimum absolute atomic E-state index is 0.359. The summed E-state index contributed by atoms with van der Waals surface area (Å²) >= 11 is 1.59. The molecule has 2 atom stereocenters. The number of hydrogen-bond donors (Lipinski definition) is 3. The Balaban J connectivity index is 1.25. The first-order valence-electron chi connectivity index (χ1n) is 10.3. The van der Waals surface area contributed by atoms with E-state index in [-0.39, 0.29) is 0 Å². The molecule has 2 heterocycles. The van der Waals surface area contributed by atoms with Crippen LogP contribution in [0.3, 0.4) is 0 Å². The summed E-state index contributed by atoms with van der Waals surface area (Å²) in [7, 11) is 1.70. The van der Waals surface area contributed by atoms with Crippen LogP contribution in [-0.2, 0) is 0 Å². The van der Waals surface area contributed by atoms with Crippen molar-refractivity contribution in [3.8, 4) is 0 Å². The Bertz CT molecular complexity index is 1040. The molecule has 2 aromatic carbocycles. The van der Waals surface area contributed by atoms with Crippen LogP contribution in [0, 0.1) is 17.6 Å². The summed E-state index contributed by atoms with van der Waals surface area (Å²) in [6.45, 7) is 2.63. The van der Waals surface area contributed by atoms with Gasteiger partial charge in [-0.25, -0.2) is 8.78 Å². The number of anilines is 1.